The molecule has 25 heavy (non-hydrogen) atoms. The molecule has 0 radical (unpaired) electrons. The van der Waals surface area contributed by atoms with Gasteiger partial charge in [-0.15, -0.1) is 5.10 Å². The molecule has 1 aromatic heterocycles. The summed E-state index contributed by atoms with van der Waals surface area (Å²) in [5.41, 5.74) is 2.11. The predicted octanol–water partition coefficient (Wildman–Crippen LogP) is 1.29. The molecule has 0 amide bonds. The normalized spacial score (nSPS) is 18.2. The Hall–Kier alpha value is -2.45. The molecule has 2 aliphatic rings. The van der Waals surface area contributed by atoms with Crippen molar-refractivity contribution in [1.29, 1.82) is 0 Å². The minimum absolute atomic E-state index is 0.504. The van der Waals surface area contributed by atoms with Crippen molar-refractivity contribution in [2.45, 2.75) is 0 Å². The van der Waals surface area contributed by atoms with Crippen LogP contribution in [0.1, 0.15) is 0 Å². The summed E-state index contributed by atoms with van der Waals surface area (Å²) in [6.07, 6.45) is 1.70. The number of morpholine rings is 2. The third-order valence-corrected chi connectivity index (χ3v) is 4.38. The van der Waals surface area contributed by atoms with Crippen LogP contribution in [0.5, 0.6) is 0 Å². The molecule has 0 unspecified atom stereocenters. The fraction of sp³-hybridized carbons (Fsp3) is 0.471. The number of para-hydroxylation sites is 2. The van der Waals surface area contributed by atoms with Gasteiger partial charge < -0.3 is 24.6 Å². The van der Waals surface area contributed by atoms with E-state index < -0.39 is 0 Å². The van der Waals surface area contributed by atoms with Gasteiger partial charge in [0.05, 0.1) is 44.0 Å². The molecule has 0 spiro atoms. The van der Waals surface area contributed by atoms with Crippen molar-refractivity contribution < 1.29 is 9.47 Å². The van der Waals surface area contributed by atoms with E-state index >= 15 is 0 Å². The average molecular weight is 342 g/mol. The van der Waals surface area contributed by atoms with Crippen molar-refractivity contribution in [2.24, 2.45) is 0 Å². The van der Waals surface area contributed by atoms with E-state index in [1.165, 1.54) is 0 Å². The maximum atomic E-state index is 5.45. The SMILES string of the molecule is c1ccc(N2CCOCC2)c(Nc2nncc(N3CCOCC3)n2)c1. The van der Waals surface area contributed by atoms with Crippen LogP contribution in [0.25, 0.3) is 0 Å². The van der Waals surface area contributed by atoms with Crippen LogP contribution in [-0.4, -0.2) is 67.8 Å². The van der Waals surface area contributed by atoms with Gasteiger partial charge in [-0.1, -0.05) is 12.1 Å². The fourth-order valence-electron chi connectivity index (χ4n) is 3.07. The molecule has 0 saturated carbocycles. The van der Waals surface area contributed by atoms with E-state index in [0.717, 1.165) is 56.6 Å². The van der Waals surface area contributed by atoms with Gasteiger partial charge in [0.25, 0.3) is 0 Å². The smallest absolute Gasteiger partial charge is 0.249 e. The monoisotopic (exact) mass is 342 g/mol. The lowest BCUT2D eigenvalue weighted by molar-refractivity contribution is 0.122. The highest BCUT2D eigenvalue weighted by atomic mass is 16.5. The Labute approximate surface area is 146 Å². The van der Waals surface area contributed by atoms with E-state index in [-0.39, 0.29) is 0 Å². The van der Waals surface area contributed by atoms with E-state index in [1.54, 1.807) is 6.20 Å². The third-order valence-electron chi connectivity index (χ3n) is 4.38. The zero-order valence-corrected chi connectivity index (χ0v) is 14.1. The first kappa shape index (κ1) is 16.0. The number of aromatic nitrogens is 3. The van der Waals surface area contributed by atoms with Crippen LogP contribution in [0.3, 0.4) is 0 Å². The van der Waals surface area contributed by atoms with Gasteiger partial charge in [0.15, 0.2) is 5.82 Å². The zero-order chi connectivity index (χ0) is 16.9. The van der Waals surface area contributed by atoms with E-state index in [0.29, 0.717) is 19.2 Å². The van der Waals surface area contributed by atoms with Crippen molar-refractivity contribution in [3.05, 3.63) is 30.5 Å². The van der Waals surface area contributed by atoms with Crippen molar-refractivity contribution >= 4 is 23.1 Å². The van der Waals surface area contributed by atoms with Crippen molar-refractivity contribution in [2.75, 3.05) is 67.7 Å². The number of hydrogen-bond donors (Lipinski definition) is 1. The number of hydrogen-bond acceptors (Lipinski definition) is 8. The highest BCUT2D eigenvalue weighted by Gasteiger charge is 2.17. The minimum Gasteiger partial charge on any atom is -0.378 e. The minimum atomic E-state index is 0.504. The van der Waals surface area contributed by atoms with E-state index in [4.69, 9.17) is 9.47 Å². The quantitative estimate of drug-likeness (QED) is 0.891. The summed E-state index contributed by atoms with van der Waals surface area (Å²) in [5.74, 6) is 1.33. The van der Waals surface area contributed by atoms with Crippen molar-refractivity contribution in [3.8, 4) is 0 Å². The number of ether oxygens (including phenoxy) is 2. The van der Waals surface area contributed by atoms with Crippen LogP contribution in [0.2, 0.25) is 0 Å². The first-order chi connectivity index (χ1) is 12.4. The summed E-state index contributed by atoms with van der Waals surface area (Å²) >= 11 is 0. The van der Waals surface area contributed by atoms with E-state index in [9.17, 15) is 0 Å². The Morgan fingerprint density at radius 1 is 0.880 bits per heavy atom. The molecule has 2 fully saturated rings. The van der Waals surface area contributed by atoms with Gasteiger partial charge in [0.2, 0.25) is 5.95 Å². The van der Waals surface area contributed by atoms with Gasteiger partial charge in [-0.25, -0.2) is 0 Å². The first-order valence-corrected chi connectivity index (χ1v) is 8.61. The summed E-state index contributed by atoms with van der Waals surface area (Å²) in [7, 11) is 0. The maximum Gasteiger partial charge on any atom is 0.249 e. The number of rotatable bonds is 4. The molecule has 1 aromatic carbocycles. The Morgan fingerprint density at radius 2 is 1.56 bits per heavy atom. The van der Waals surface area contributed by atoms with Gasteiger partial charge in [0.1, 0.15) is 0 Å². The van der Waals surface area contributed by atoms with E-state index in [1.807, 2.05) is 18.2 Å². The largest absolute Gasteiger partial charge is 0.378 e. The second kappa shape index (κ2) is 7.62. The lowest BCUT2D eigenvalue weighted by Crippen LogP contribution is -2.37. The number of nitrogens with zero attached hydrogens (tertiary/aromatic N) is 5. The second-order valence-corrected chi connectivity index (χ2v) is 5.98. The van der Waals surface area contributed by atoms with E-state index in [2.05, 4.69) is 36.4 Å². The molecule has 0 atom stereocenters. The van der Waals surface area contributed by atoms with Crippen LogP contribution in [-0.2, 0) is 9.47 Å². The molecule has 0 aliphatic carbocycles. The highest BCUT2D eigenvalue weighted by molar-refractivity contribution is 5.73. The number of anilines is 4. The van der Waals surface area contributed by atoms with Crippen LogP contribution in [0, 0.1) is 0 Å². The lowest BCUT2D eigenvalue weighted by atomic mass is 10.2. The van der Waals surface area contributed by atoms with Crippen LogP contribution in [0.15, 0.2) is 30.5 Å². The van der Waals surface area contributed by atoms with Crippen molar-refractivity contribution in [1.82, 2.24) is 15.2 Å². The van der Waals surface area contributed by atoms with Crippen LogP contribution < -0.4 is 15.1 Å². The molecule has 2 aromatic rings. The van der Waals surface area contributed by atoms with Gasteiger partial charge in [-0.2, -0.15) is 10.1 Å². The van der Waals surface area contributed by atoms with Gasteiger partial charge in [-0.05, 0) is 12.1 Å². The Bertz CT molecular complexity index is 701. The molecule has 132 valence electrons. The molecule has 8 nitrogen and oxygen atoms in total. The fourth-order valence-corrected chi connectivity index (χ4v) is 3.07. The maximum absolute atomic E-state index is 5.45. The van der Waals surface area contributed by atoms with Crippen LogP contribution >= 0.6 is 0 Å². The Balaban J connectivity index is 1.54. The molecular formula is C17H22N6O2. The standard InChI is InChI=1S/C17H22N6O2/c1-2-4-15(22-5-9-24-10-6-22)14(3-1)19-17-20-16(13-18-21-17)23-7-11-25-12-8-23/h1-4,13H,5-12H2,(H,19,20,21). The summed E-state index contributed by atoms with van der Waals surface area (Å²) in [5, 5.41) is 11.6. The lowest BCUT2D eigenvalue weighted by Gasteiger charge is -2.30. The molecule has 0 bridgehead atoms. The highest BCUT2D eigenvalue weighted by Crippen LogP contribution is 2.28. The van der Waals surface area contributed by atoms with Crippen LogP contribution in [0.4, 0.5) is 23.1 Å². The number of nitrogens with one attached hydrogen (secondary N) is 1. The first-order valence-electron chi connectivity index (χ1n) is 8.61. The predicted molar refractivity (Wildman–Crippen MR) is 95.6 cm³/mol. The van der Waals surface area contributed by atoms with Crippen molar-refractivity contribution in [3.63, 3.8) is 0 Å². The molecule has 4 rings (SSSR count). The Kier molecular flexibility index (Phi) is 4.89. The molecule has 2 aliphatic heterocycles. The topological polar surface area (TPSA) is 75.6 Å². The zero-order valence-electron chi connectivity index (χ0n) is 14.1. The summed E-state index contributed by atoms with van der Waals surface area (Å²) in [6, 6.07) is 8.19. The van der Waals surface area contributed by atoms with Gasteiger partial charge in [-0.3, -0.25) is 0 Å². The molecule has 8 heteroatoms. The Morgan fingerprint density at radius 3 is 2.32 bits per heavy atom. The summed E-state index contributed by atoms with van der Waals surface area (Å²) < 4.78 is 10.8. The second-order valence-electron chi connectivity index (χ2n) is 5.98. The molecular weight excluding hydrogens is 320 g/mol. The third kappa shape index (κ3) is 3.80. The molecule has 2 saturated heterocycles. The average Bonchev–Trinajstić information content (AvgIpc) is 2.70. The van der Waals surface area contributed by atoms with Gasteiger partial charge in [0, 0.05) is 26.2 Å². The molecule has 1 N–H and O–H groups in total. The summed E-state index contributed by atoms with van der Waals surface area (Å²) in [4.78, 5) is 9.09. The number of benzene rings is 1. The van der Waals surface area contributed by atoms with Gasteiger partial charge >= 0.3 is 0 Å². The summed E-state index contributed by atoms with van der Waals surface area (Å²) in [6.45, 7) is 6.33. The molecule has 3 heterocycles.